The third-order valence-corrected chi connectivity index (χ3v) is 3.90. The highest BCUT2D eigenvalue weighted by Crippen LogP contribution is 2.35. The van der Waals surface area contributed by atoms with Crippen molar-refractivity contribution in [3.8, 4) is 0 Å². The topological polar surface area (TPSA) is 50.2 Å². The molecule has 1 heterocycles. The first-order chi connectivity index (χ1) is 8.99. The summed E-state index contributed by atoms with van der Waals surface area (Å²) in [6.45, 7) is 0. The first-order valence-electron chi connectivity index (χ1n) is 4.99. The average molecular weight is 318 g/mol. The SMILES string of the molecule is O=C(O)c1ccnc(Sc2cc(Cl)ccc2Cl)c1F. The Kier molecular flexibility index (Phi) is 4.29. The molecule has 0 saturated carbocycles. The van der Waals surface area contributed by atoms with Crippen LogP contribution in [0.1, 0.15) is 10.4 Å². The first-order valence-corrected chi connectivity index (χ1v) is 6.57. The third kappa shape index (κ3) is 3.18. The van der Waals surface area contributed by atoms with Gasteiger partial charge in [0.25, 0.3) is 0 Å². The summed E-state index contributed by atoms with van der Waals surface area (Å²) in [5.74, 6) is -2.24. The molecule has 0 aliphatic rings. The number of aromatic nitrogens is 1. The van der Waals surface area contributed by atoms with E-state index in [1.54, 1.807) is 18.2 Å². The molecule has 2 aromatic rings. The van der Waals surface area contributed by atoms with Gasteiger partial charge in [0.1, 0.15) is 5.03 Å². The maximum atomic E-state index is 13.9. The van der Waals surface area contributed by atoms with Crippen molar-refractivity contribution in [1.82, 2.24) is 4.98 Å². The van der Waals surface area contributed by atoms with E-state index in [0.29, 0.717) is 14.9 Å². The molecular weight excluding hydrogens is 312 g/mol. The van der Waals surface area contributed by atoms with Crippen molar-refractivity contribution in [2.45, 2.75) is 9.92 Å². The van der Waals surface area contributed by atoms with Gasteiger partial charge >= 0.3 is 5.97 Å². The Balaban J connectivity index is 2.41. The molecule has 0 amide bonds. The predicted molar refractivity (Wildman–Crippen MR) is 71.7 cm³/mol. The number of nitrogens with zero attached hydrogens (tertiary/aromatic N) is 1. The zero-order chi connectivity index (χ0) is 14.0. The molecular formula is C12H6Cl2FNO2S. The van der Waals surface area contributed by atoms with Crippen LogP contribution < -0.4 is 0 Å². The number of hydrogen-bond donors (Lipinski definition) is 1. The molecule has 0 aliphatic heterocycles. The monoisotopic (exact) mass is 317 g/mol. The van der Waals surface area contributed by atoms with Crippen LogP contribution in [0.2, 0.25) is 10.0 Å². The Bertz CT molecular complexity index is 652. The molecule has 19 heavy (non-hydrogen) atoms. The highest BCUT2D eigenvalue weighted by molar-refractivity contribution is 7.99. The Labute approximate surface area is 122 Å². The molecule has 3 nitrogen and oxygen atoms in total. The molecule has 0 radical (unpaired) electrons. The second-order valence-electron chi connectivity index (χ2n) is 3.46. The Hall–Kier alpha value is -1.30. The number of aromatic carboxylic acids is 1. The van der Waals surface area contributed by atoms with Crippen LogP contribution in [0.4, 0.5) is 4.39 Å². The quantitative estimate of drug-likeness (QED) is 0.912. The van der Waals surface area contributed by atoms with Crippen molar-refractivity contribution < 1.29 is 14.3 Å². The number of hydrogen-bond acceptors (Lipinski definition) is 3. The average Bonchev–Trinajstić information content (AvgIpc) is 2.36. The zero-order valence-corrected chi connectivity index (χ0v) is 11.6. The van der Waals surface area contributed by atoms with E-state index in [1.165, 1.54) is 6.20 Å². The van der Waals surface area contributed by atoms with Crippen LogP contribution in [-0.4, -0.2) is 16.1 Å². The summed E-state index contributed by atoms with van der Waals surface area (Å²) in [5, 5.41) is 9.60. The summed E-state index contributed by atoms with van der Waals surface area (Å²) in [4.78, 5) is 15.1. The first kappa shape index (κ1) is 14.1. The van der Waals surface area contributed by atoms with Crippen LogP contribution in [0, 0.1) is 5.82 Å². The molecule has 1 N–H and O–H groups in total. The molecule has 0 fully saturated rings. The van der Waals surface area contributed by atoms with Crippen LogP contribution in [0.3, 0.4) is 0 Å². The van der Waals surface area contributed by atoms with Crippen molar-refractivity contribution in [2.75, 3.05) is 0 Å². The van der Waals surface area contributed by atoms with Crippen molar-refractivity contribution in [3.63, 3.8) is 0 Å². The molecule has 1 aromatic heterocycles. The molecule has 0 unspecified atom stereocenters. The molecule has 98 valence electrons. The minimum atomic E-state index is -1.35. The smallest absolute Gasteiger partial charge is 0.338 e. The third-order valence-electron chi connectivity index (χ3n) is 2.19. The standard InChI is InChI=1S/C12H6Cl2FNO2S/c13-6-1-2-8(14)9(5-6)19-11-10(15)7(12(17)18)3-4-16-11/h1-5H,(H,17,18). The van der Waals surface area contributed by atoms with Gasteiger partial charge in [-0.1, -0.05) is 35.0 Å². The van der Waals surface area contributed by atoms with Gasteiger partial charge < -0.3 is 5.11 Å². The molecule has 0 spiro atoms. The molecule has 0 bridgehead atoms. The predicted octanol–water partition coefficient (Wildman–Crippen LogP) is 4.38. The van der Waals surface area contributed by atoms with Crippen LogP contribution in [-0.2, 0) is 0 Å². The summed E-state index contributed by atoms with van der Waals surface area (Å²) in [6, 6.07) is 5.83. The van der Waals surface area contributed by atoms with Gasteiger partial charge in [0.05, 0.1) is 10.6 Å². The van der Waals surface area contributed by atoms with Gasteiger partial charge in [-0.15, -0.1) is 0 Å². The second kappa shape index (κ2) is 5.77. The van der Waals surface area contributed by atoms with Gasteiger partial charge in [-0.05, 0) is 24.3 Å². The minimum Gasteiger partial charge on any atom is -0.478 e. The van der Waals surface area contributed by atoms with Crippen LogP contribution >= 0.6 is 35.0 Å². The number of carbonyl (C=O) groups is 1. The van der Waals surface area contributed by atoms with Crippen LogP contribution in [0.5, 0.6) is 0 Å². The number of pyridine rings is 1. The molecule has 7 heteroatoms. The lowest BCUT2D eigenvalue weighted by atomic mass is 10.3. The van der Waals surface area contributed by atoms with Crippen molar-refractivity contribution >= 4 is 40.9 Å². The van der Waals surface area contributed by atoms with E-state index >= 15 is 0 Å². The van der Waals surface area contributed by atoms with E-state index < -0.39 is 17.3 Å². The van der Waals surface area contributed by atoms with E-state index in [9.17, 15) is 9.18 Å². The number of carboxylic acid groups (broad SMARTS) is 1. The lowest BCUT2D eigenvalue weighted by molar-refractivity contribution is 0.0691. The summed E-state index contributed by atoms with van der Waals surface area (Å²) < 4.78 is 13.9. The Morgan fingerprint density at radius 3 is 2.74 bits per heavy atom. The van der Waals surface area contributed by atoms with Gasteiger partial charge in [-0.3, -0.25) is 0 Å². The van der Waals surface area contributed by atoms with Crippen molar-refractivity contribution in [1.29, 1.82) is 0 Å². The van der Waals surface area contributed by atoms with Crippen molar-refractivity contribution in [3.05, 3.63) is 51.9 Å². The summed E-state index contributed by atoms with van der Waals surface area (Å²) in [6.07, 6.45) is 1.23. The van der Waals surface area contributed by atoms with E-state index in [-0.39, 0.29) is 5.03 Å². The molecule has 0 aliphatic carbocycles. The van der Waals surface area contributed by atoms with Gasteiger partial charge in [0, 0.05) is 16.1 Å². The number of rotatable bonds is 3. The molecule has 1 aromatic carbocycles. The van der Waals surface area contributed by atoms with Crippen molar-refractivity contribution in [2.24, 2.45) is 0 Å². The van der Waals surface area contributed by atoms with Gasteiger partial charge in [-0.2, -0.15) is 0 Å². The Morgan fingerprint density at radius 2 is 2.05 bits per heavy atom. The van der Waals surface area contributed by atoms with Crippen LogP contribution in [0.25, 0.3) is 0 Å². The fourth-order valence-electron chi connectivity index (χ4n) is 1.32. The van der Waals surface area contributed by atoms with Gasteiger partial charge in [-0.25, -0.2) is 14.2 Å². The summed E-state index contributed by atoms with van der Waals surface area (Å²) in [7, 11) is 0. The Morgan fingerprint density at radius 1 is 1.32 bits per heavy atom. The summed E-state index contributed by atoms with van der Waals surface area (Å²) >= 11 is 12.7. The number of benzene rings is 1. The minimum absolute atomic E-state index is 0.0657. The normalized spacial score (nSPS) is 10.5. The van der Waals surface area contributed by atoms with E-state index in [2.05, 4.69) is 4.98 Å². The number of carboxylic acids is 1. The molecule has 0 atom stereocenters. The fraction of sp³-hybridized carbons (Fsp3) is 0. The maximum absolute atomic E-state index is 13.9. The second-order valence-corrected chi connectivity index (χ2v) is 5.33. The highest BCUT2D eigenvalue weighted by atomic mass is 35.5. The van der Waals surface area contributed by atoms with E-state index in [4.69, 9.17) is 28.3 Å². The molecule has 2 rings (SSSR count). The summed E-state index contributed by atoms with van der Waals surface area (Å²) in [5.41, 5.74) is -0.435. The zero-order valence-electron chi connectivity index (χ0n) is 9.23. The van der Waals surface area contributed by atoms with E-state index in [1.807, 2.05) is 0 Å². The largest absolute Gasteiger partial charge is 0.478 e. The number of halogens is 3. The lowest BCUT2D eigenvalue weighted by Gasteiger charge is -2.06. The lowest BCUT2D eigenvalue weighted by Crippen LogP contribution is -2.02. The van der Waals surface area contributed by atoms with E-state index in [0.717, 1.165) is 17.8 Å². The maximum Gasteiger partial charge on any atom is 0.338 e. The van der Waals surface area contributed by atoms with Gasteiger partial charge in [0.15, 0.2) is 5.82 Å². The van der Waals surface area contributed by atoms with Crippen LogP contribution in [0.15, 0.2) is 40.4 Å². The highest BCUT2D eigenvalue weighted by Gasteiger charge is 2.16. The molecule has 0 saturated heterocycles. The fourth-order valence-corrected chi connectivity index (χ4v) is 2.66. The van der Waals surface area contributed by atoms with Gasteiger partial charge in [0.2, 0.25) is 0 Å².